The molecule has 1 heterocycles. The standard InChI is InChI=1S/C12H11Cl2NO2S/c13-9-2-1-8(4-10(9)14)18-6-7-3-11(16)12(17)15-5-7/h1-5,12,15-17H,6H2. The maximum Gasteiger partial charge on any atom is 0.182 e. The van der Waals surface area contributed by atoms with Gasteiger partial charge in [0.05, 0.1) is 10.0 Å². The molecule has 6 heteroatoms. The number of hydrogen-bond acceptors (Lipinski definition) is 4. The molecule has 1 aromatic rings. The Morgan fingerprint density at radius 3 is 2.72 bits per heavy atom. The summed E-state index contributed by atoms with van der Waals surface area (Å²) in [5.74, 6) is 0.573. The second-order valence-electron chi connectivity index (χ2n) is 3.72. The van der Waals surface area contributed by atoms with Crippen LogP contribution in [0.1, 0.15) is 0 Å². The minimum Gasteiger partial charge on any atom is -0.508 e. The minimum atomic E-state index is -1.01. The van der Waals surface area contributed by atoms with Gasteiger partial charge in [0.1, 0.15) is 5.76 Å². The average Bonchev–Trinajstić information content (AvgIpc) is 2.35. The van der Waals surface area contributed by atoms with Gasteiger partial charge in [0, 0.05) is 16.8 Å². The van der Waals surface area contributed by atoms with E-state index in [1.54, 1.807) is 36.2 Å². The molecule has 3 nitrogen and oxygen atoms in total. The molecule has 3 N–H and O–H groups in total. The van der Waals surface area contributed by atoms with E-state index in [4.69, 9.17) is 23.2 Å². The van der Waals surface area contributed by atoms with Crippen molar-refractivity contribution in [1.29, 1.82) is 0 Å². The Balaban J connectivity index is 1.98. The highest BCUT2D eigenvalue weighted by atomic mass is 35.5. The first-order valence-corrected chi connectivity index (χ1v) is 6.92. The Morgan fingerprint density at radius 2 is 2.06 bits per heavy atom. The van der Waals surface area contributed by atoms with E-state index in [0.29, 0.717) is 15.8 Å². The van der Waals surface area contributed by atoms with Crippen LogP contribution in [0.25, 0.3) is 0 Å². The fraction of sp³-hybridized carbons (Fsp3) is 0.167. The lowest BCUT2D eigenvalue weighted by Gasteiger charge is -2.16. The minimum absolute atomic E-state index is 0.0813. The summed E-state index contributed by atoms with van der Waals surface area (Å²) in [7, 11) is 0. The fourth-order valence-corrected chi connectivity index (χ4v) is 2.63. The predicted molar refractivity (Wildman–Crippen MR) is 75.1 cm³/mol. The van der Waals surface area contributed by atoms with Crippen molar-refractivity contribution in [1.82, 2.24) is 5.32 Å². The molecule has 0 radical (unpaired) electrons. The smallest absolute Gasteiger partial charge is 0.182 e. The van der Waals surface area contributed by atoms with Crippen LogP contribution in [0.4, 0.5) is 0 Å². The molecule has 0 saturated carbocycles. The Morgan fingerprint density at radius 1 is 1.28 bits per heavy atom. The number of allylic oxidation sites excluding steroid dienone is 1. The molecular weight excluding hydrogens is 293 g/mol. The molecular formula is C12H11Cl2NO2S. The molecule has 2 rings (SSSR count). The zero-order chi connectivity index (χ0) is 13.1. The number of rotatable bonds is 3. The van der Waals surface area contributed by atoms with Crippen LogP contribution in [0.5, 0.6) is 0 Å². The lowest BCUT2D eigenvalue weighted by Crippen LogP contribution is -2.29. The molecule has 0 spiro atoms. The van der Waals surface area contributed by atoms with Gasteiger partial charge in [-0.15, -0.1) is 11.8 Å². The van der Waals surface area contributed by atoms with E-state index in [-0.39, 0.29) is 5.76 Å². The van der Waals surface area contributed by atoms with Crippen LogP contribution >= 0.6 is 35.0 Å². The number of thioether (sulfide) groups is 1. The van der Waals surface area contributed by atoms with Crippen molar-refractivity contribution in [2.45, 2.75) is 11.1 Å². The summed E-state index contributed by atoms with van der Waals surface area (Å²) in [6.07, 6.45) is 2.21. The van der Waals surface area contributed by atoms with Crippen LogP contribution in [0.3, 0.4) is 0 Å². The molecule has 18 heavy (non-hydrogen) atoms. The number of aliphatic hydroxyl groups is 2. The summed E-state index contributed by atoms with van der Waals surface area (Å²) in [4.78, 5) is 0.990. The van der Waals surface area contributed by atoms with Crippen molar-refractivity contribution in [3.8, 4) is 0 Å². The first kappa shape index (κ1) is 13.6. The number of nitrogens with one attached hydrogen (secondary N) is 1. The van der Waals surface area contributed by atoms with Crippen molar-refractivity contribution in [3.63, 3.8) is 0 Å². The monoisotopic (exact) mass is 303 g/mol. The molecule has 96 valence electrons. The number of dihydropyridines is 1. The summed E-state index contributed by atoms with van der Waals surface area (Å²) in [6.45, 7) is 0. The van der Waals surface area contributed by atoms with Gasteiger partial charge in [-0.05, 0) is 29.8 Å². The first-order chi connectivity index (χ1) is 8.56. The van der Waals surface area contributed by atoms with Crippen molar-refractivity contribution in [2.75, 3.05) is 5.75 Å². The highest BCUT2D eigenvalue weighted by molar-refractivity contribution is 7.99. The number of benzene rings is 1. The first-order valence-electron chi connectivity index (χ1n) is 5.18. The van der Waals surface area contributed by atoms with Crippen LogP contribution in [-0.2, 0) is 0 Å². The van der Waals surface area contributed by atoms with Gasteiger partial charge in [0.15, 0.2) is 6.23 Å². The predicted octanol–water partition coefficient (Wildman–Crippen LogP) is 3.33. The van der Waals surface area contributed by atoms with Gasteiger partial charge in [-0.2, -0.15) is 0 Å². The maximum absolute atomic E-state index is 9.39. The van der Waals surface area contributed by atoms with E-state index in [1.807, 2.05) is 6.07 Å². The zero-order valence-corrected chi connectivity index (χ0v) is 11.6. The lowest BCUT2D eigenvalue weighted by atomic mass is 10.2. The van der Waals surface area contributed by atoms with Crippen molar-refractivity contribution in [2.24, 2.45) is 0 Å². The average molecular weight is 304 g/mol. The fourth-order valence-electron chi connectivity index (χ4n) is 1.40. The number of hydrogen-bond donors (Lipinski definition) is 3. The molecule has 1 unspecified atom stereocenters. The molecule has 1 atom stereocenters. The van der Waals surface area contributed by atoms with Gasteiger partial charge >= 0.3 is 0 Å². The van der Waals surface area contributed by atoms with Crippen molar-refractivity contribution >= 4 is 35.0 Å². The zero-order valence-electron chi connectivity index (χ0n) is 9.23. The van der Waals surface area contributed by atoms with Gasteiger partial charge in [-0.25, -0.2) is 0 Å². The van der Waals surface area contributed by atoms with Crippen LogP contribution in [0.15, 0.2) is 46.7 Å². The van der Waals surface area contributed by atoms with Gasteiger partial charge in [-0.1, -0.05) is 23.2 Å². The van der Waals surface area contributed by atoms with Gasteiger partial charge in [0.2, 0.25) is 0 Å². The maximum atomic E-state index is 9.39. The third-order valence-electron chi connectivity index (χ3n) is 2.34. The van der Waals surface area contributed by atoms with Gasteiger partial charge in [0.25, 0.3) is 0 Å². The Bertz CT molecular complexity index is 517. The van der Waals surface area contributed by atoms with E-state index < -0.39 is 6.23 Å². The SMILES string of the molecule is OC1=CC(CSc2ccc(Cl)c(Cl)c2)=CNC1O. The summed E-state index contributed by atoms with van der Waals surface area (Å²) in [5.41, 5.74) is 0.883. The number of halogens is 2. The lowest BCUT2D eigenvalue weighted by molar-refractivity contribution is 0.132. The van der Waals surface area contributed by atoms with Crippen LogP contribution in [-0.4, -0.2) is 22.2 Å². The largest absolute Gasteiger partial charge is 0.508 e. The molecule has 1 aliphatic rings. The summed E-state index contributed by atoms with van der Waals surface area (Å²) in [6, 6.07) is 5.43. The van der Waals surface area contributed by atoms with Crippen LogP contribution in [0.2, 0.25) is 10.0 Å². The normalized spacial score (nSPS) is 18.9. The molecule has 0 fully saturated rings. The van der Waals surface area contributed by atoms with Crippen molar-refractivity contribution < 1.29 is 10.2 Å². The van der Waals surface area contributed by atoms with Crippen molar-refractivity contribution in [3.05, 3.63) is 51.9 Å². The molecule has 0 amide bonds. The second kappa shape index (κ2) is 5.89. The van der Waals surface area contributed by atoms with E-state index in [2.05, 4.69) is 5.32 Å². The highest BCUT2D eigenvalue weighted by Crippen LogP contribution is 2.29. The van der Waals surface area contributed by atoms with E-state index in [1.165, 1.54) is 0 Å². The summed E-state index contributed by atoms with van der Waals surface area (Å²) >= 11 is 13.3. The molecule has 1 aliphatic heterocycles. The second-order valence-corrected chi connectivity index (χ2v) is 5.59. The quantitative estimate of drug-likeness (QED) is 0.750. The third kappa shape index (κ3) is 3.36. The van der Waals surface area contributed by atoms with Crippen LogP contribution in [0, 0.1) is 0 Å². The molecule has 0 bridgehead atoms. The topological polar surface area (TPSA) is 52.5 Å². The van der Waals surface area contributed by atoms with E-state index in [0.717, 1.165) is 10.5 Å². The Labute approximate surface area is 119 Å². The number of aliphatic hydroxyl groups excluding tert-OH is 2. The molecule has 0 aliphatic carbocycles. The van der Waals surface area contributed by atoms with Gasteiger partial charge < -0.3 is 15.5 Å². The molecule has 0 saturated heterocycles. The third-order valence-corrected chi connectivity index (χ3v) is 4.14. The highest BCUT2D eigenvalue weighted by Gasteiger charge is 2.13. The molecule has 1 aromatic carbocycles. The summed E-state index contributed by atoms with van der Waals surface area (Å²) < 4.78 is 0. The summed E-state index contributed by atoms with van der Waals surface area (Å²) in [5, 5.41) is 22.3. The van der Waals surface area contributed by atoms with E-state index in [9.17, 15) is 10.2 Å². The van der Waals surface area contributed by atoms with Crippen LogP contribution < -0.4 is 5.32 Å². The Hall–Kier alpha value is -0.810. The Kier molecular flexibility index (Phi) is 4.45. The molecule has 0 aromatic heterocycles. The van der Waals surface area contributed by atoms with E-state index >= 15 is 0 Å². The van der Waals surface area contributed by atoms with Gasteiger partial charge in [-0.3, -0.25) is 0 Å².